The standard InChI is InChI=1S/C17H20N6/c18-17(9-4-1-5-10-17)22-16-19-11-8-15(21-16)23-14-7-3-2-6-13(14)12-20-23/h2-3,6-8,11-12H,1,4-5,9-10,18H2,(H,19,21,22). The van der Waals surface area contributed by atoms with E-state index in [0.717, 1.165) is 42.4 Å². The number of benzene rings is 1. The molecule has 1 aliphatic rings. The van der Waals surface area contributed by atoms with Crippen LogP contribution >= 0.6 is 0 Å². The van der Waals surface area contributed by atoms with Gasteiger partial charge in [0.25, 0.3) is 0 Å². The number of rotatable bonds is 3. The fourth-order valence-electron chi connectivity index (χ4n) is 3.21. The maximum absolute atomic E-state index is 6.44. The number of para-hydroxylation sites is 1. The van der Waals surface area contributed by atoms with E-state index in [1.807, 2.05) is 41.2 Å². The maximum atomic E-state index is 6.44. The van der Waals surface area contributed by atoms with Crippen molar-refractivity contribution in [2.75, 3.05) is 5.32 Å². The van der Waals surface area contributed by atoms with Gasteiger partial charge in [-0.25, -0.2) is 9.67 Å². The van der Waals surface area contributed by atoms with Crippen molar-refractivity contribution in [2.24, 2.45) is 5.73 Å². The van der Waals surface area contributed by atoms with Crippen LogP contribution in [0.2, 0.25) is 0 Å². The van der Waals surface area contributed by atoms with E-state index in [0.29, 0.717) is 5.95 Å². The Balaban J connectivity index is 1.66. The summed E-state index contributed by atoms with van der Waals surface area (Å²) in [5, 5.41) is 8.85. The summed E-state index contributed by atoms with van der Waals surface area (Å²) >= 11 is 0. The predicted octanol–water partition coefficient (Wildman–Crippen LogP) is 2.85. The van der Waals surface area contributed by atoms with Crippen LogP contribution in [0.1, 0.15) is 32.1 Å². The van der Waals surface area contributed by atoms with Gasteiger partial charge in [0.05, 0.1) is 17.4 Å². The monoisotopic (exact) mass is 308 g/mol. The average Bonchev–Trinajstić information content (AvgIpc) is 2.99. The minimum Gasteiger partial charge on any atom is -0.336 e. The molecule has 6 heteroatoms. The topological polar surface area (TPSA) is 81.6 Å². The van der Waals surface area contributed by atoms with Crippen LogP contribution in [0.15, 0.2) is 42.7 Å². The SMILES string of the molecule is NC1(Nc2nccc(-n3ncc4ccccc43)n2)CCCCC1. The first kappa shape index (κ1) is 14.1. The Bertz CT molecular complexity index is 819. The molecule has 1 aromatic carbocycles. The lowest BCUT2D eigenvalue weighted by molar-refractivity contribution is 0.331. The number of nitrogens with zero attached hydrogens (tertiary/aromatic N) is 4. The van der Waals surface area contributed by atoms with Crippen LogP contribution in [0.5, 0.6) is 0 Å². The number of nitrogens with two attached hydrogens (primary N) is 1. The number of hydrogen-bond donors (Lipinski definition) is 2. The molecule has 6 nitrogen and oxygen atoms in total. The molecule has 4 rings (SSSR count). The van der Waals surface area contributed by atoms with Gasteiger partial charge in [0.2, 0.25) is 5.95 Å². The third-order valence-electron chi connectivity index (χ3n) is 4.44. The summed E-state index contributed by atoms with van der Waals surface area (Å²) in [7, 11) is 0. The smallest absolute Gasteiger partial charge is 0.226 e. The van der Waals surface area contributed by atoms with E-state index in [-0.39, 0.29) is 0 Å². The van der Waals surface area contributed by atoms with Gasteiger partial charge < -0.3 is 11.1 Å². The molecule has 23 heavy (non-hydrogen) atoms. The molecular formula is C17H20N6. The molecule has 0 aliphatic heterocycles. The van der Waals surface area contributed by atoms with Crippen molar-refractivity contribution in [1.29, 1.82) is 0 Å². The minimum absolute atomic E-state index is 0.400. The van der Waals surface area contributed by atoms with Crippen LogP contribution in [0.3, 0.4) is 0 Å². The second-order valence-corrected chi connectivity index (χ2v) is 6.20. The first-order valence-corrected chi connectivity index (χ1v) is 8.07. The van der Waals surface area contributed by atoms with E-state index in [9.17, 15) is 0 Å². The van der Waals surface area contributed by atoms with Gasteiger partial charge in [0.1, 0.15) is 0 Å². The fraction of sp³-hybridized carbons (Fsp3) is 0.353. The van der Waals surface area contributed by atoms with Gasteiger partial charge in [0, 0.05) is 17.6 Å². The summed E-state index contributed by atoms with van der Waals surface area (Å²) in [5.74, 6) is 1.30. The molecule has 3 aromatic rings. The molecule has 0 spiro atoms. The number of hydrogen-bond acceptors (Lipinski definition) is 5. The van der Waals surface area contributed by atoms with Gasteiger partial charge in [0.15, 0.2) is 5.82 Å². The Morgan fingerprint density at radius 1 is 1.09 bits per heavy atom. The Labute approximate surface area is 134 Å². The van der Waals surface area contributed by atoms with Gasteiger partial charge >= 0.3 is 0 Å². The molecule has 0 saturated heterocycles. The van der Waals surface area contributed by atoms with E-state index in [1.54, 1.807) is 6.20 Å². The lowest BCUT2D eigenvalue weighted by Crippen LogP contribution is -2.49. The normalized spacial score (nSPS) is 17.3. The van der Waals surface area contributed by atoms with Crippen molar-refractivity contribution in [1.82, 2.24) is 19.7 Å². The minimum atomic E-state index is -0.400. The molecule has 0 atom stereocenters. The van der Waals surface area contributed by atoms with Crippen molar-refractivity contribution in [2.45, 2.75) is 37.8 Å². The molecule has 0 unspecified atom stereocenters. The van der Waals surface area contributed by atoms with E-state index in [1.165, 1.54) is 6.42 Å². The average molecular weight is 308 g/mol. The zero-order valence-corrected chi connectivity index (χ0v) is 12.9. The van der Waals surface area contributed by atoms with Crippen molar-refractivity contribution in [3.05, 3.63) is 42.7 Å². The van der Waals surface area contributed by atoms with Crippen molar-refractivity contribution < 1.29 is 0 Å². The molecule has 2 heterocycles. The molecule has 0 radical (unpaired) electrons. The van der Waals surface area contributed by atoms with Crippen LogP contribution in [-0.2, 0) is 0 Å². The van der Waals surface area contributed by atoms with E-state index >= 15 is 0 Å². The quantitative estimate of drug-likeness (QED) is 0.727. The number of anilines is 1. The number of aromatic nitrogens is 4. The predicted molar refractivity (Wildman–Crippen MR) is 90.3 cm³/mol. The van der Waals surface area contributed by atoms with E-state index in [2.05, 4.69) is 20.4 Å². The second-order valence-electron chi connectivity index (χ2n) is 6.20. The Hall–Kier alpha value is -2.47. The third-order valence-corrected chi connectivity index (χ3v) is 4.44. The van der Waals surface area contributed by atoms with E-state index < -0.39 is 5.66 Å². The van der Waals surface area contributed by atoms with Gasteiger partial charge in [-0.05, 0) is 31.7 Å². The largest absolute Gasteiger partial charge is 0.336 e. The van der Waals surface area contributed by atoms with Crippen LogP contribution in [-0.4, -0.2) is 25.4 Å². The summed E-state index contributed by atoms with van der Waals surface area (Å²) in [5.41, 5.74) is 7.06. The zero-order valence-electron chi connectivity index (χ0n) is 12.9. The van der Waals surface area contributed by atoms with Gasteiger partial charge in [-0.2, -0.15) is 10.1 Å². The molecule has 1 fully saturated rings. The zero-order chi connectivity index (χ0) is 15.7. The molecule has 118 valence electrons. The van der Waals surface area contributed by atoms with Crippen LogP contribution in [0, 0.1) is 0 Å². The highest BCUT2D eigenvalue weighted by Crippen LogP contribution is 2.26. The molecule has 0 bridgehead atoms. The Kier molecular flexibility index (Phi) is 3.46. The highest BCUT2D eigenvalue weighted by molar-refractivity contribution is 5.79. The van der Waals surface area contributed by atoms with Gasteiger partial charge in [-0.15, -0.1) is 0 Å². The van der Waals surface area contributed by atoms with Crippen LogP contribution in [0.25, 0.3) is 16.7 Å². The first-order chi connectivity index (χ1) is 11.2. The molecule has 1 aliphatic carbocycles. The molecular weight excluding hydrogens is 288 g/mol. The number of nitrogens with one attached hydrogen (secondary N) is 1. The van der Waals surface area contributed by atoms with E-state index in [4.69, 9.17) is 5.73 Å². The molecule has 1 saturated carbocycles. The molecule has 2 aromatic heterocycles. The van der Waals surface area contributed by atoms with Gasteiger partial charge in [-0.1, -0.05) is 24.6 Å². The van der Waals surface area contributed by atoms with Gasteiger partial charge in [-0.3, -0.25) is 0 Å². The highest BCUT2D eigenvalue weighted by Gasteiger charge is 2.28. The lowest BCUT2D eigenvalue weighted by atomic mass is 9.90. The summed E-state index contributed by atoms with van der Waals surface area (Å²) in [4.78, 5) is 8.93. The lowest BCUT2D eigenvalue weighted by Gasteiger charge is -2.34. The van der Waals surface area contributed by atoms with Crippen LogP contribution < -0.4 is 11.1 Å². The fourth-order valence-corrected chi connectivity index (χ4v) is 3.21. The Morgan fingerprint density at radius 2 is 1.91 bits per heavy atom. The summed E-state index contributed by atoms with van der Waals surface area (Å²) < 4.78 is 1.83. The molecule has 0 amide bonds. The third kappa shape index (κ3) is 2.77. The van der Waals surface area contributed by atoms with Crippen molar-refractivity contribution in [3.63, 3.8) is 0 Å². The number of fused-ring (bicyclic) bond motifs is 1. The maximum Gasteiger partial charge on any atom is 0.226 e. The first-order valence-electron chi connectivity index (χ1n) is 8.07. The Morgan fingerprint density at radius 3 is 2.78 bits per heavy atom. The van der Waals surface area contributed by atoms with Crippen LogP contribution in [0.4, 0.5) is 5.95 Å². The van der Waals surface area contributed by atoms with Crippen molar-refractivity contribution >= 4 is 16.9 Å². The summed E-state index contributed by atoms with van der Waals surface area (Å²) in [6.45, 7) is 0. The second kappa shape index (κ2) is 5.62. The summed E-state index contributed by atoms with van der Waals surface area (Å²) in [6.07, 6.45) is 9.03. The summed E-state index contributed by atoms with van der Waals surface area (Å²) in [6, 6.07) is 9.92. The van der Waals surface area contributed by atoms with Crippen molar-refractivity contribution in [3.8, 4) is 5.82 Å². The highest BCUT2D eigenvalue weighted by atomic mass is 15.3. The molecule has 3 N–H and O–H groups in total.